The second-order valence-corrected chi connectivity index (χ2v) is 10.6. The van der Waals surface area contributed by atoms with Crippen molar-refractivity contribution in [3.63, 3.8) is 0 Å². The number of ether oxygens (including phenoxy) is 2. The molecule has 8 nitrogen and oxygen atoms in total. The van der Waals surface area contributed by atoms with Crippen molar-refractivity contribution in [2.45, 2.75) is 56.2 Å². The molecule has 1 aliphatic carbocycles. The number of esters is 1. The number of piperidine rings is 1. The molecule has 202 valence electrons. The van der Waals surface area contributed by atoms with Crippen LogP contribution in [0.1, 0.15) is 49.3 Å². The number of rotatable bonds is 8. The zero-order valence-electron chi connectivity index (χ0n) is 22.1. The summed E-state index contributed by atoms with van der Waals surface area (Å²) in [6.45, 7) is 0.686. The number of carbonyl (C=O) groups is 2. The van der Waals surface area contributed by atoms with Crippen LogP contribution >= 0.6 is 0 Å². The molecule has 2 aromatic carbocycles. The number of aromatic nitrogens is 1. The first-order valence-corrected chi connectivity index (χ1v) is 13.4. The number of likely N-dealkylation sites (tertiary alicyclic amines) is 1. The van der Waals surface area contributed by atoms with Gasteiger partial charge >= 0.3 is 5.97 Å². The van der Waals surface area contributed by atoms with Gasteiger partial charge in [-0.2, -0.15) is 0 Å². The number of nitrogens with zero attached hydrogens (tertiary/aromatic N) is 1. The van der Waals surface area contributed by atoms with Crippen LogP contribution in [0.5, 0.6) is 5.75 Å². The van der Waals surface area contributed by atoms with Crippen molar-refractivity contribution in [2.24, 2.45) is 5.92 Å². The van der Waals surface area contributed by atoms with Gasteiger partial charge in [0.25, 0.3) is 0 Å². The smallest absolute Gasteiger partial charge is 0.328 e. The lowest BCUT2D eigenvalue weighted by Crippen LogP contribution is -2.57. The molecular formula is C30H37N3O5. The van der Waals surface area contributed by atoms with E-state index in [4.69, 9.17) is 9.47 Å². The number of para-hydroxylation sites is 2. The van der Waals surface area contributed by atoms with E-state index >= 15 is 0 Å². The lowest BCUT2D eigenvalue weighted by atomic mass is 9.66. The Hall–Kier alpha value is -3.36. The normalized spacial score (nSPS) is 24.4. The predicted molar refractivity (Wildman–Crippen MR) is 145 cm³/mol. The van der Waals surface area contributed by atoms with Gasteiger partial charge in [0, 0.05) is 47.6 Å². The maximum atomic E-state index is 13.4. The fraction of sp³-hybridized carbons (Fsp3) is 0.467. The number of H-pyrrole nitrogens is 1. The Morgan fingerprint density at radius 1 is 1.13 bits per heavy atom. The number of amides is 1. The molecule has 1 aliphatic heterocycles. The zero-order chi connectivity index (χ0) is 26.7. The van der Waals surface area contributed by atoms with E-state index in [2.05, 4.69) is 15.2 Å². The van der Waals surface area contributed by atoms with E-state index in [1.165, 1.54) is 7.11 Å². The largest absolute Gasteiger partial charge is 0.496 e. The van der Waals surface area contributed by atoms with Gasteiger partial charge in [0.2, 0.25) is 5.91 Å². The van der Waals surface area contributed by atoms with Crippen molar-refractivity contribution in [2.75, 3.05) is 27.3 Å². The van der Waals surface area contributed by atoms with Crippen molar-refractivity contribution < 1.29 is 24.2 Å². The molecule has 3 aromatic rings. The monoisotopic (exact) mass is 519 g/mol. The van der Waals surface area contributed by atoms with E-state index in [1.807, 2.05) is 54.7 Å². The van der Waals surface area contributed by atoms with Crippen LogP contribution in [0.25, 0.3) is 10.9 Å². The molecule has 1 aromatic heterocycles. The van der Waals surface area contributed by atoms with E-state index in [0.29, 0.717) is 19.4 Å². The first kappa shape index (κ1) is 26.3. The minimum absolute atomic E-state index is 0.00303. The van der Waals surface area contributed by atoms with Crippen LogP contribution in [0.3, 0.4) is 0 Å². The van der Waals surface area contributed by atoms with Gasteiger partial charge in [-0.25, -0.2) is 4.79 Å². The third kappa shape index (κ3) is 5.15. The van der Waals surface area contributed by atoms with Crippen LogP contribution < -0.4 is 10.1 Å². The Kier molecular flexibility index (Phi) is 7.72. The van der Waals surface area contributed by atoms with E-state index in [9.17, 15) is 14.7 Å². The maximum absolute atomic E-state index is 13.4. The summed E-state index contributed by atoms with van der Waals surface area (Å²) in [5.41, 5.74) is 2.15. The first-order chi connectivity index (χ1) is 18.4. The number of methoxy groups -OCH3 is 2. The Labute approximate surface area is 223 Å². The molecular weight excluding hydrogens is 482 g/mol. The molecule has 3 N–H and O–H groups in total. The average molecular weight is 520 g/mol. The summed E-state index contributed by atoms with van der Waals surface area (Å²) in [5, 5.41) is 15.5. The van der Waals surface area contributed by atoms with Gasteiger partial charge in [-0.3, -0.25) is 9.69 Å². The van der Waals surface area contributed by atoms with Crippen molar-refractivity contribution in [3.05, 3.63) is 65.9 Å². The van der Waals surface area contributed by atoms with Gasteiger partial charge in [-0.1, -0.05) is 49.2 Å². The number of aliphatic hydroxyl groups is 1. The number of hydrogen-bond donors (Lipinski definition) is 3. The van der Waals surface area contributed by atoms with E-state index in [0.717, 1.165) is 53.5 Å². The summed E-state index contributed by atoms with van der Waals surface area (Å²) in [6, 6.07) is 14.8. The molecule has 5 rings (SSSR count). The van der Waals surface area contributed by atoms with Crippen LogP contribution in [-0.4, -0.2) is 65.8 Å². The molecule has 0 unspecified atom stereocenters. The number of hydrogen-bond acceptors (Lipinski definition) is 6. The highest BCUT2D eigenvalue weighted by Gasteiger charge is 2.49. The van der Waals surface area contributed by atoms with Crippen LogP contribution in [0, 0.1) is 5.92 Å². The summed E-state index contributed by atoms with van der Waals surface area (Å²) in [4.78, 5) is 31.5. The minimum atomic E-state index is -0.812. The summed E-state index contributed by atoms with van der Waals surface area (Å²) in [6.07, 6.45) is 6.54. The number of aromatic amines is 1. The second kappa shape index (κ2) is 11.2. The topological polar surface area (TPSA) is 104 Å². The molecule has 0 radical (unpaired) electrons. The number of carbonyl (C=O) groups excluding carboxylic acids is 2. The lowest BCUT2D eigenvalue weighted by molar-refractivity contribution is -0.146. The van der Waals surface area contributed by atoms with Gasteiger partial charge in [-0.15, -0.1) is 0 Å². The van der Waals surface area contributed by atoms with Crippen molar-refractivity contribution in [1.82, 2.24) is 15.2 Å². The van der Waals surface area contributed by atoms with Gasteiger partial charge in [0.15, 0.2) is 0 Å². The van der Waals surface area contributed by atoms with Gasteiger partial charge in [0.1, 0.15) is 11.8 Å². The molecule has 38 heavy (non-hydrogen) atoms. The molecule has 0 spiro atoms. The van der Waals surface area contributed by atoms with Crippen LogP contribution in [0.15, 0.2) is 54.7 Å². The molecule has 2 aliphatic rings. The van der Waals surface area contributed by atoms with Crippen molar-refractivity contribution >= 4 is 22.8 Å². The molecule has 1 amide bonds. The molecule has 1 saturated heterocycles. The SMILES string of the molecule is COC(=O)[C@H](Cc1c[nH]c2ccccc12)NC(=O)CN1CC[C@@]2(O)CCCC[C@H]2[C@@H]1c1ccccc1OC. The maximum Gasteiger partial charge on any atom is 0.328 e. The number of benzene rings is 2. The molecule has 4 atom stereocenters. The highest BCUT2D eigenvalue weighted by atomic mass is 16.5. The van der Waals surface area contributed by atoms with Gasteiger partial charge in [0.05, 0.1) is 26.4 Å². The Bertz CT molecular complexity index is 1290. The number of nitrogens with one attached hydrogen (secondary N) is 2. The average Bonchev–Trinajstić information content (AvgIpc) is 3.35. The third-order valence-corrected chi connectivity index (χ3v) is 8.40. The summed E-state index contributed by atoms with van der Waals surface area (Å²) < 4.78 is 10.7. The summed E-state index contributed by atoms with van der Waals surface area (Å²) in [5.74, 6) is 0.0211. The Morgan fingerprint density at radius 3 is 2.74 bits per heavy atom. The van der Waals surface area contributed by atoms with Gasteiger partial charge < -0.3 is 24.9 Å². The molecule has 8 heteroatoms. The van der Waals surface area contributed by atoms with Crippen molar-refractivity contribution in [3.8, 4) is 5.75 Å². The van der Waals surface area contributed by atoms with Crippen LogP contribution in [-0.2, 0) is 20.7 Å². The van der Waals surface area contributed by atoms with E-state index < -0.39 is 17.6 Å². The quantitative estimate of drug-likeness (QED) is 0.392. The van der Waals surface area contributed by atoms with Crippen LogP contribution in [0.4, 0.5) is 0 Å². The fourth-order valence-electron chi connectivity index (χ4n) is 6.52. The third-order valence-electron chi connectivity index (χ3n) is 8.40. The number of fused-ring (bicyclic) bond motifs is 2. The molecule has 2 fully saturated rings. The zero-order valence-corrected chi connectivity index (χ0v) is 22.1. The molecule has 0 bridgehead atoms. The van der Waals surface area contributed by atoms with Crippen LogP contribution in [0.2, 0.25) is 0 Å². The van der Waals surface area contributed by atoms with Gasteiger partial charge in [-0.05, 0) is 37.0 Å². The Balaban J connectivity index is 1.37. The van der Waals surface area contributed by atoms with E-state index in [1.54, 1.807) is 7.11 Å². The first-order valence-electron chi connectivity index (χ1n) is 13.4. The fourth-order valence-corrected chi connectivity index (χ4v) is 6.52. The molecule has 1 saturated carbocycles. The standard InChI is InChI=1S/C30H37N3O5/c1-37-26-13-6-4-10-22(26)28-23-11-7-8-14-30(23,36)15-16-33(28)19-27(34)32-25(29(35)38-2)17-20-18-31-24-12-5-3-9-21(20)24/h3-6,9-10,12-13,18,23,25,28,31,36H,7-8,11,14-17,19H2,1-2H3,(H,32,34)/t23-,25-,28-,30-/m0/s1. The summed E-state index contributed by atoms with van der Waals surface area (Å²) >= 11 is 0. The summed E-state index contributed by atoms with van der Waals surface area (Å²) in [7, 11) is 2.99. The van der Waals surface area contributed by atoms with Crippen molar-refractivity contribution in [1.29, 1.82) is 0 Å². The highest BCUT2D eigenvalue weighted by Crippen LogP contribution is 2.50. The predicted octanol–water partition coefficient (Wildman–Crippen LogP) is 3.75. The minimum Gasteiger partial charge on any atom is -0.496 e. The van der Waals surface area contributed by atoms with E-state index in [-0.39, 0.29) is 24.4 Å². The Morgan fingerprint density at radius 2 is 1.92 bits per heavy atom. The molecule has 2 heterocycles. The highest BCUT2D eigenvalue weighted by molar-refractivity contribution is 5.88. The lowest BCUT2D eigenvalue weighted by Gasteiger charge is -2.52. The second-order valence-electron chi connectivity index (χ2n) is 10.6.